The Morgan fingerprint density at radius 3 is 2.57 bits per heavy atom. The van der Waals surface area contributed by atoms with Crippen LogP contribution in [0.1, 0.15) is 46.8 Å². The lowest BCUT2D eigenvalue weighted by Gasteiger charge is -2.30. The van der Waals surface area contributed by atoms with Gasteiger partial charge in [0.1, 0.15) is 0 Å². The predicted molar refractivity (Wildman–Crippen MR) is 94.8 cm³/mol. The lowest BCUT2D eigenvalue weighted by Crippen LogP contribution is -2.36. The molecule has 1 atom stereocenters. The number of nitrogens with zero attached hydrogens (tertiary/aromatic N) is 1. The summed E-state index contributed by atoms with van der Waals surface area (Å²) in [4.78, 5) is 15.2. The van der Waals surface area contributed by atoms with Gasteiger partial charge in [0.2, 0.25) is 0 Å². The zero-order valence-electron chi connectivity index (χ0n) is 12.9. The summed E-state index contributed by atoms with van der Waals surface area (Å²) >= 11 is 0. The van der Waals surface area contributed by atoms with E-state index in [1.165, 1.54) is 11.1 Å². The van der Waals surface area contributed by atoms with Crippen LogP contribution in [0.4, 0.5) is 5.69 Å². The molecule has 2 aliphatic rings. The summed E-state index contributed by atoms with van der Waals surface area (Å²) in [6.07, 6.45) is 4.33. The van der Waals surface area contributed by atoms with Crippen LogP contribution in [-0.4, -0.2) is 16.8 Å². The van der Waals surface area contributed by atoms with E-state index in [1.807, 2.05) is 18.2 Å². The van der Waals surface area contributed by atoms with Crippen molar-refractivity contribution < 1.29 is 4.79 Å². The van der Waals surface area contributed by atoms with Crippen molar-refractivity contribution >= 4 is 24.0 Å². The van der Waals surface area contributed by atoms with E-state index in [4.69, 9.17) is 5.73 Å². The van der Waals surface area contributed by atoms with E-state index in [9.17, 15) is 4.79 Å². The Morgan fingerprint density at radius 2 is 1.83 bits per heavy atom. The van der Waals surface area contributed by atoms with Gasteiger partial charge in [0, 0.05) is 17.3 Å². The highest BCUT2D eigenvalue weighted by atomic mass is 35.5. The quantitative estimate of drug-likeness (QED) is 0.866. The van der Waals surface area contributed by atoms with Gasteiger partial charge in [0.15, 0.2) is 0 Å². The monoisotopic (exact) mass is 328 g/mol. The first kappa shape index (κ1) is 15.9. The number of carbonyl (C=O) groups is 1. The molecule has 0 spiro atoms. The Hall–Kier alpha value is -2.00. The highest BCUT2D eigenvalue weighted by Crippen LogP contribution is 2.42. The summed E-state index contributed by atoms with van der Waals surface area (Å²) in [5, 5.41) is 0. The van der Waals surface area contributed by atoms with Crippen molar-refractivity contribution in [2.75, 3.05) is 5.73 Å². The van der Waals surface area contributed by atoms with Crippen LogP contribution in [0.25, 0.3) is 0 Å². The van der Waals surface area contributed by atoms with Crippen molar-refractivity contribution in [1.29, 1.82) is 0 Å². The topological polar surface area (TPSA) is 46.3 Å². The molecule has 120 valence electrons. The second-order valence-corrected chi connectivity index (χ2v) is 6.32. The second kappa shape index (κ2) is 6.25. The molecule has 4 heteroatoms. The Bertz CT molecular complexity index is 727. The van der Waals surface area contributed by atoms with Crippen molar-refractivity contribution in [3.05, 3.63) is 65.2 Å². The zero-order chi connectivity index (χ0) is 15.1. The highest BCUT2D eigenvalue weighted by molar-refractivity contribution is 5.95. The molecule has 2 aliphatic carbocycles. The lowest BCUT2D eigenvalue weighted by atomic mass is 10.0. The number of hydrogen-bond donors (Lipinski definition) is 1. The van der Waals surface area contributed by atoms with Gasteiger partial charge in [-0.3, -0.25) is 4.79 Å². The molecule has 23 heavy (non-hydrogen) atoms. The lowest BCUT2D eigenvalue weighted by molar-refractivity contribution is 0.0658. The van der Waals surface area contributed by atoms with E-state index in [0.29, 0.717) is 17.3 Å². The minimum atomic E-state index is 0. The second-order valence-electron chi connectivity index (χ2n) is 6.32. The molecule has 0 radical (unpaired) electrons. The number of benzene rings is 2. The Labute approximate surface area is 142 Å². The molecule has 0 bridgehead atoms. The van der Waals surface area contributed by atoms with E-state index < -0.39 is 0 Å². The molecule has 0 saturated heterocycles. The van der Waals surface area contributed by atoms with E-state index in [-0.39, 0.29) is 24.4 Å². The minimum absolute atomic E-state index is 0. The van der Waals surface area contributed by atoms with Gasteiger partial charge in [-0.1, -0.05) is 30.3 Å². The van der Waals surface area contributed by atoms with Gasteiger partial charge in [0.05, 0.1) is 6.04 Å². The number of aryl methyl sites for hydroxylation is 1. The van der Waals surface area contributed by atoms with Crippen LogP contribution in [0.15, 0.2) is 48.5 Å². The number of anilines is 1. The summed E-state index contributed by atoms with van der Waals surface area (Å²) in [6.45, 7) is 0. The van der Waals surface area contributed by atoms with Gasteiger partial charge in [-0.25, -0.2) is 0 Å². The van der Waals surface area contributed by atoms with Crippen molar-refractivity contribution in [3.8, 4) is 0 Å². The van der Waals surface area contributed by atoms with Crippen LogP contribution in [0.2, 0.25) is 0 Å². The third kappa shape index (κ3) is 2.93. The molecule has 3 nitrogen and oxygen atoms in total. The van der Waals surface area contributed by atoms with Crippen LogP contribution >= 0.6 is 12.4 Å². The average molecular weight is 329 g/mol. The summed E-state index contributed by atoms with van der Waals surface area (Å²) < 4.78 is 0. The Morgan fingerprint density at radius 1 is 1.04 bits per heavy atom. The Balaban J connectivity index is 0.00000156. The molecule has 4 rings (SSSR count). The van der Waals surface area contributed by atoms with E-state index in [0.717, 1.165) is 25.7 Å². The van der Waals surface area contributed by atoms with Crippen LogP contribution in [0, 0.1) is 0 Å². The summed E-state index contributed by atoms with van der Waals surface area (Å²) in [6, 6.07) is 16.5. The van der Waals surface area contributed by atoms with Crippen LogP contribution in [0.5, 0.6) is 0 Å². The molecule has 1 fully saturated rings. The van der Waals surface area contributed by atoms with Crippen molar-refractivity contribution in [1.82, 2.24) is 4.90 Å². The van der Waals surface area contributed by atoms with Crippen LogP contribution in [0.3, 0.4) is 0 Å². The first-order chi connectivity index (χ1) is 10.7. The average Bonchev–Trinajstić information content (AvgIpc) is 3.28. The molecular weight excluding hydrogens is 308 g/mol. The van der Waals surface area contributed by atoms with Gasteiger partial charge in [0.25, 0.3) is 5.91 Å². The molecule has 2 aromatic rings. The molecule has 0 aromatic heterocycles. The van der Waals surface area contributed by atoms with Crippen molar-refractivity contribution in [2.24, 2.45) is 0 Å². The van der Waals surface area contributed by atoms with Gasteiger partial charge >= 0.3 is 0 Å². The third-order valence-corrected chi connectivity index (χ3v) is 4.75. The molecule has 2 N–H and O–H groups in total. The standard InChI is InChI=1S/C19H20N2O.ClH/c20-15-6-3-5-14(12-15)19(22)21(16-9-10-16)18-11-8-13-4-1-2-7-17(13)18;/h1-7,12,16,18H,8-11,20H2;1H. The molecule has 1 saturated carbocycles. The molecule has 1 unspecified atom stereocenters. The third-order valence-electron chi connectivity index (χ3n) is 4.75. The number of amides is 1. The fourth-order valence-electron chi connectivity index (χ4n) is 3.56. The minimum Gasteiger partial charge on any atom is -0.399 e. The smallest absolute Gasteiger partial charge is 0.254 e. The predicted octanol–water partition coefficient (Wildman–Crippen LogP) is 3.98. The van der Waals surface area contributed by atoms with E-state index in [1.54, 1.807) is 6.07 Å². The maximum atomic E-state index is 13.0. The van der Waals surface area contributed by atoms with Crippen LogP contribution < -0.4 is 5.73 Å². The molecular formula is C19H21ClN2O. The number of nitrogens with two attached hydrogens (primary N) is 1. The molecule has 0 heterocycles. The maximum Gasteiger partial charge on any atom is 0.254 e. The van der Waals surface area contributed by atoms with Crippen molar-refractivity contribution in [2.45, 2.75) is 37.8 Å². The number of nitrogen functional groups attached to an aromatic ring is 1. The molecule has 1 amide bonds. The number of fused-ring (bicyclic) bond motifs is 1. The highest BCUT2D eigenvalue weighted by Gasteiger charge is 2.40. The number of rotatable bonds is 3. The number of hydrogen-bond acceptors (Lipinski definition) is 2. The van der Waals surface area contributed by atoms with Gasteiger partial charge in [-0.05, 0) is 55.0 Å². The summed E-state index contributed by atoms with van der Waals surface area (Å²) in [5.74, 6) is 0.122. The van der Waals surface area contributed by atoms with E-state index >= 15 is 0 Å². The van der Waals surface area contributed by atoms with Crippen LogP contribution in [-0.2, 0) is 6.42 Å². The van der Waals surface area contributed by atoms with Crippen molar-refractivity contribution in [3.63, 3.8) is 0 Å². The SMILES string of the molecule is Cl.Nc1cccc(C(=O)N(C2CC2)C2CCc3ccccc32)c1. The van der Waals surface area contributed by atoms with E-state index in [2.05, 4.69) is 29.2 Å². The summed E-state index contributed by atoms with van der Waals surface area (Å²) in [5.41, 5.74) is 9.91. The molecule has 0 aliphatic heterocycles. The zero-order valence-corrected chi connectivity index (χ0v) is 13.8. The number of halogens is 1. The number of carbonyl (C=O) groups excluding carboxylic acids is 1. The summed E-state index contributed by atoms with van der Waals surface area (Å²) in [7, 11) is 0. The molecule has 2 aromatic carbocycles. The van der Waals surface area contributed by atoms with Gasteiger partial charge < -0.3 is 10.6 Å². The Kier molecular flexibility index (Phi) is 4.31. The first-order valence-corrected chi connectivity index (χ1v) is 8.00. The van der Waals surface area contributed by atoms with Gasteiger partial charge in [-0.2, -0.15) is 0 Å². The first-order valence-electron chi connectivity index (χ1n) is 8.00. The fraction of sp³-hybridized carbons (Fsp3) is 0.316. The largest absolute Gasteiger partial charge is 0.399 e. The van der Waals surface area contributed by atoms with Gasteiger partial charge in [-0.15, -0.1) is 12.4 Å². The maximum absolute atomic E-state index is 13.0. The fourth-order valence-corrected chi connectivity index (χ4v) is 3.56. The normalized spacial score (nSPS) is 18.9.